The molecule has 1 aromatic rings. The van der Waals surface area contributed by atoms with Crippen LogP contribution in [0.1, 0.15) is 6.42 Å². The van der Waals surface area contributed by atoms with Gasteiger partial charge in [-0.2, -0.15) is 18.5 Å². The van der Waals surface area contributed by atoms with Gasteiger partial charge in [0.05, 0.1) is 22.2 Å². The van der Waals surface area contributed by atoms with Crippen molar-refractivity contribution >= 4 is 51.1 Å². The third kappa shape index (κ3) is 2.35. The van der Waals surface area contributed by atoms with Gasteiger partial charge in [0.1, 0.15) is 4.90 Å². The number of rotatable bonds is 2. The molecule has 6 nitrogen and oxygen atoms in total. The summed E-state index contributed by atoms with van der Waals surface area (Å²) in [5.41, 5.74) is 0.160. The normalized spacial score (nSPS) is 15.5. The van der Waals surface area contributed by atoms with Gasteiger partial charge in [0.25, 0.3) is 16.0 Å². The topological polar surface area (TPSA) is 87.0 Å². The first-order valence-corrected chi connectivity index (χ1v) is 6.82. The number of carbonyl (C=O) groups excluding carboxylic acids is 1. The molecule has 0 unspecified atom stereocenters. The van der Waals surface area contributed by atoms with Crippen molar-refractivity contribution in [2.24, 2.45) is 5.10 Å². The molecule has 0 saturated heterocycles. The molecule has 0 atom stereocenters. The summed E-state index contributed by atoms with van der Waals surface area (Å²) >= 11 is 11.6. The molecule has 1 aromatic carbocycles. The minimum absolute atomic E-state index is 0.0561. The number of nitrogens with zero attached hydrogens (tertiary/aromatic N) is 2. The smallest absolute Gasteiger partial charge is 0.282 e. The predicted molar refractivity (Wildman–Crippen MR) is 66.9 cm³/mol. The molecule has 2 rings (SSSR count). The van der Waals surface area contributed by atoms with Crippen molar-refractivity contribution in [1.82, 2.24) is 0 Å². The highest BCUT2D eigenvalue weighted by molar-refractivity contribution is 7.86. The summed E-state index contributed by atoms with van der Waals surface area (Å²) in [6, 6.07) is 2.13. The minimum Gasteiger partial charge on any atom is -0.282 e. The van der Waals surface area contributed by atoms with E-state index in [1.54, 1.807) is 0 Å². The van der Waals surface area contributed by atoms with E-state index in [0.29, 0.717) is 0 Å². The second-order valence-corrected chi connectivity index (χ2v) is 5.62. The van der Waals surface area contributed by atoms with Crippen LogP contribution in [0.4, 0.5) is 5.69 Å². The van der Waals surface area contributed by atoms with Crippen LogP contribution in [-0.2, 0) is 14.9 Å². The van der Waals surface area contributed by atoms with E-state index in [1.165, 1.54) is 6.21 Å². The molecular formula is C9H6Cl2N2O4S. The quantitative estimate of drug-likeness (QED) is 0.846. The lowest BCUT2D eigenvalue weighted by Gasteiger charge is -2.15. The van der Waals surface area contributed by atoms with E-state index >= 15 is 0 Å². The molecule has 1 N–H and O–H groups in total. The minimum atomic E-state index is -4.47. The summed E-state index contributed by atoms with van der Waals surface area (Å²) in [5.74, 6) is -0.312. The van der Waals surface area contributed by atoms with E-state index in [4.69, 9.17) is 27.8 Å². The van der Waals surface area contributed by atoms with Crippen LogP contribution in [0.2, 0.25) is 10.0 Å². The fraction of sp³-hybridized carbons (Fsp3) is 0.111. The zero-order chi connectivity index (χ0) is 13.5. The Morgan fingerprint density at radius 2 is 1.94 bits per heavy atom. The average Bonchev–Trinajstić information content (AvgIpc) is 2.66. The number of hydrogen-bond acceptors (Lipinski definition) is 4. The third-order valence-electron chi connectivity index (χ3n) is 2.21. The molecular weight excluding hydrogens is 303 g/mol. The number of hydrogen-bond donors (Lipinski definition) is 1. The number of amides is 1. The number of anilines is 1. The average molecular weight is 309 g/mol. The molecule has 1 aliphatic heterocycles. The van der Waals surface area contributed by atoms with Gasteiger partial charge in [-0.1, -0.05) is 23.2 Å². The first kappa shape index (κ1) is 13.3. The molecule has 0 fully saturated rings. The Hall–Kier alpha value is -1.15. The lowest BCUT2D eigenvalue weighted by Crippen LogP contribution is -2.20. The lowest BCUT2D eigenvalue weighted by molar-refractivity contribution is -0.116. The van der Waals surface area contributed by atoms with Crippen molar-refractivity contribution in [1.29, 1.82) is 0 Å². The number of halogens is 2. The maximum atomic E-state index is 11.5. The largest absolute Gasteiger partial charge is 0.296 e. The van der Waals surface area contributed by atoms with E-state index < -0.39 is 15.0 Å². The molecule has 9 heteroatoms. The standard InChI is InChI=1S/C9H6Cl2N2O4S/c10-5-4-8(18(15,16)17)6(11)3-7(5)13-9(14)1-2-12-13/h2-4H,1H2,(H,15,16,17). The van der Waals surface area contributed by atoms with Gasteiger partial charge in [0.2, 0.25) is 0 Å². The highest BCUT2D eigenvalue weighted by atomic mass is 35.5. The molecule has 0 radical (unpaired) electrons. The van der Waals surface area contributed by atoms with E-state index in [0.717, 1.165) is 17.1 Å². The van der Waals surface area contributed by atoms with Gasteiger partial charge in [-0.05, 0) is 12.1 Å². The van der Waals surface area contributed by atoms with Crippen LogP contribution in [0, 0.1) is 0 Å². The number of benzene rings is 1. The third-order valence-corrected chi connectivity index (χ3v) is 3.83. The SMILES string of the molecule is O=C1CC=NN1c1cc(Cl)c(S(=O)(=O)O)cc1Cl. The molecule has 1 heterocycles. The summed E-state index contributed by atoms with van der Waals surface area (Å²) in [7, 11) is -4.47. The first-order valence-electron chi connectivity index (χ1n) is 4.62. The van der Waals surface area contributed by atoms with E-state index in [1.807, 2.05) is 0 Å². The summed E-state index contributed by atoms with van der Waals surface area (Å²) in [6.07, 6.45) is 1.53. The predicted octanol–water partition coefficient (Wildman–Crippen LogP) is 1.96. The van der Waals surface area contributed by atoms with Crippen LogP contribution in [0.25, 0.3) is 0 Å². The molecule has 0 spiro atoms. The zero-order valence-corrected chi connectivity index (χ0v) is 11.0. The van der Waals surface area contributed by atoms with Crippen LogP contribution in [0.3, 0.4) is 0 Å². The Morgan fingerprint density at radius 1 is 1.28 bits per heavy atom. The fourth-order valence-electron chi connectivity index (χ4n) is 1.43. The monoisotopic (exact) mass is 308 g/mol. The van der Waals surface area contributed by atoms with Crippen LogP contribution in [0.5, 0.6) is 0 Å². The van der Waals surface area contributed by atoms with Gasteiger partial charge < -0.3 is 0 Å². The van der Waals surface area contributed by atoms with E-state index in [-0.39, 0.29) is 28.1 Å². The van der Waals surface area contributed by atoms with Crippen LogP contribution < -0.4 is 5.01 Å². The van der Waals surface area contributed by atoms with Gasteiger partial charge in [-0.3, -0.25) is 9.35 Å². The summed E-state index contributed by atoms with van der Waals surface area (Å²) in [4.78, 5) is 10.9. The second kappa shape index (κ2) is 4.51. The van der Waals surface area contributed by atoms with Crippen molar-refractivity contribution in [2.75, 3.05) is 5.01 Å². The molecule has 1 amide bonds. The summed E-state index contributed by atoms with van der Waals surface area (Å²) in [6.45, 7) is 0. The Bertz CT molecular complexity index is 657. The van der Waals surface area contributed by atoms with Crippen molar-refractivity contribution in [3.8, 4) is 0 Å². The van der Waals surface area contributed by atoms with Crippen LogP contribution in [0.15, 0.2) is 22.1 Å². The van der Waals surface area contributed by atoms with E-state index in [2.05, 4.69) is 5.10 Å². The Labute approximate surface area is 113 Å². The highest BCUT2D eigenvalue weighted by Gasteiger charge is 2.24. The summed E-state index contributed by atoms with van der Waals surface area (Å²) in [5, 5.41) is 4.50. The highest BCUT2D eigenvalue weighted by Crippen LogP contribution is 2.35. The zero-order valence-electron chi connectivity index (χ0n) is 8.67. The molecule has 0 aliphatic carbocycles. The van der Waals surface area contributed by atoms with Crippen molar-refractivity contribution in [2.45, 2.75) is 11.3 Å². The second-order valence-electron chi connectivity index (χ2n) is 3.42. The van der Waals surface area contributed by atoms with Gasteiger partial charge in [-0.15, -0.1) is 0 Å². The molecule has 0 saturated carbocycles. The molecule has 96 valence electrons. The van der Waals surface area contributed by atoms with Crippen LogP contribution in [-0.4, -0.2) is 25.1 Å². The maximum absolute atomic E-state index is 11.5. The molecule has 18 heavy (non-hydrogen) atoms. The molecule has 1 aliphatic rings. The Balaban J connectivity index is 2.57. The summed E-state index contributed by atoms with van der Waals surface area (Å²) < 4.78 is 30.9. The van der Waals surface area contributed by atoms with Crippen LogP contribution >= 0.6 is 23.2 Å². The van der Waals surface area contributed by atoms with Gasteiger partial charge in [-0.25, -0.2) is 0 Å². The Morgan fingerprint density at radius 3 is 2.44 bits per heavy atom. The fourth-order valence-corrected chi connectivity index (χ4v) is 2.76. The molecule has 0 aromatic heterocycles. The van der Waals surface area contributed by atoms with Crippen molar-refractivity contribution < 1.29 is 17.8 Å². The van der Waals surface area contributed by atoms with Gasteiger partial charge >= 0.3 is 0 Å². The van der Waals surface area contributed by atoms with E-state index in [9.17, 15) is 13.2 Å². The number of hydrazone groups is 1. The first-order chi connectivity index (χ1) is 8.30. The Kier molecular flexibility index (Phi) is 3.33. The van der Waals surface area contributed by atoms with Crippen molar-refractivity contribution in [3.63, 3.8) is 0 Å². The molecule has 0 bridgehead atoms. The maximum Gasteiger partial charge on any atom is 0.296 e. The van der Waals surface area contributed by atoms with Gasteiger partial charge in [0, 0.05) is 6.21 Å². The van der Waals surface area contributed by atoms with Gasteiger partial charge in [0.15, 0.2) is 0 Å². The lowest BCUT2D eigenvalue weighted by atomic mass is 10.3. The number of carbonyl (C=O) groups is 1. The van der Waals surface area contributed by atoms with Crippen molar-refractivity contribution in [3.05, 3.63) is 22.2 Å².